The first-order valence-corrected chi connectivity index (χ1v) is 8.36. The molecule has 0 unspecified atom stereocenters. The predicted molar refractivity (Wildman–Crippen MR) is 81.9 cm³/mol. The van der Waals surface area contributed by atoms with E-state index in [0.29, 0.717) is 0 Å². The Bertz CT molecular complexity index is 809. The maximum absolute atomic E-state index is 12.2. The number of amides is 1. The molecule has 1 aromatic heterocycles. The lowest BCUT2D eigenvalue weighted by molar-refractivity contribution is 0.0696. The molecule has 9 heteroatoms. The van der Waals surface area contributed by atoms with Gasteiger partial charge < -0.3 is 10.4 Å². The predicted octanol–water partition coefficient (Wildman–Crippen LogP) is 1.61. The second kappa shape index (κ2) is 6.16. The van der Waals surface area contributed by atoms with Crippen molar-refractivity contribution in [2.45, 2.75) is 4.90 Å². The summed E-state index contributed by atoms with van der Waals surface area (Å²) in [5.74, 6) is -1.46. The van der Waals surface area contributed by atoms with E-state index >= 15 is 0 Å². The third kappa shape index (κ3) is 3.43. The van der Waals surface area contributed by atoms with Gasteiger partial charge in [-0.3, -0.25) is 9.52 Å². The zero-order valence-corrected chi connectivity index (χ0v) is 13.0. The Morgan fingerprint density at radius 1 is 1.18 bits per heavy atom. The molecule has 2 rings (SSSR count). The topological polar surface area (TPSA) is 113 Å². The van der Waals surface area contributed by atoms with Crippen LogP contribution in [0.3, 0.4) is 0 Å². The Hall–Kier alpha value is -2.39. The Morgan fingerprint density at radius 2 is 1.82 bits per heavy atom. The number of carboxylic acid groups (broad SMARTS) is 1. The number of benzene rings is 1. The molecule has 0 aliphatic carbocycles. The van der Waals surface area contributed by atoms with E-state index in [1.54, 1.807) is 0 Å². The summed E-state index contributed by atoms with van der Waals surface area (Å²) in [4.78, 5) is 22.4. The van der Waals surface area contributed by atoms with Gasteiger partial charge in [-0.1, -0.05) is 0 Å². The number of nitrogens with one attached hydrogen (secondary N) is 2. The van der Waals surface area contributed by atoms with E-state index in [0.717, 1.165) is 11.3 Å². The van der Waals surface area contributed by atoms with Crippen LogP contribution in [0.5, 0.6) is 0 Å². The number of aromatic carboxylic acids is 1. The van der Waals surface area contributed by atoms with Crippen molar-refractivity contribution in [3.05, 3.63) is 46.2 Å². The van der Waals surface area contributed by atoms with Gasteiger partial charge in [-0.05, 0) is 30.3 Å². The van der Waals surface area contributed by atoms with Crippen molar-refractivity contribution in [3.8, 4) is 0 Å². The number of hydrogen-bond donors (Lipinski definition) is 3. The van der Waals surface area contributed by atoms with Crippen LogP contribution < -0.4 is 10.0 Å². The van der Waals surface area contributed by atoms with Crippen molar-refractivity contribution >= 4 is 38.9 Å². The maximum Gasteiger partial charge on any atom is 0.335 e. The molecule has 116 valence electrons. The van der Waals surface area contributed by atoms with Crippen molar-refractivity contribution in [2.75, 3.05) is 11.8 Å². The maximum atomic E-state index is 12.2. The third-order valence-electron chi connectivity index (χ3n) is 2.72. The van der Waals surface area contributed by atoms with Gasteiger partial charge in [0.2, 0.25) is 0 Å². The van der Waals surface area contributed by atoms with Gasteiger partial charge in [0.1, 0.15) is 0 Å². The largest absolute Gasteiger partial charge is 0.478 e. The van der Waals surface area contributed by atoms with Crippen LogP contribution in [0.15, 0.2) is 40.6 Å². The Balaban J connectivity index is 2.22. The minimum Gasteiger partial charge on any atom is -0.478 e. The van der Waals surface area contributed by atoms with E-state index in [9.17, 15) is 18.0 Å². The average molecular weight is 340 g/mol. The standard InChI is InChI=1S/C13H12N2O5S2/c1-14-12(16)11-6-10(7-21-11)22(19,20)15-9-4-2-8(3-5-9)13(17)18/h2-7,15H,1H3,(H,14,16)(H,17,18). The quantitative estimate of drug-likeness (QED) is 0.765. The lowest BCUT2D eigenvalue weighted by Crippen LogP contribution is -2.16. The van der Waals surface area contributed by atoms with Crippen molar-refractivity contribution in [1.29, 1.82) is 0 Å². The number of rotatable bonds is 5. The molecule has 0 atom stereocenters. The summed E-state index contributed by atoms with van der Waals surface area (Å²) in [5.41, 5.74) is 0.290. The van der Waals surface area contributed by atoms with Crippen molar-refractivity contribution in [3.63, 3.8) is 0 Å². The SMILES string of the molecule is CNC(=O)c1cc(S(=O)(=O)Nc2ccc(C(=O)O)cc2)cs1. The van der Waals surface area contributed by atoms with Gasteiger partial charge in [0.05, 0.1) is 15.3 Å². The molecular weight excluding hydrogens is 328 g/mol. The monoisotopic (exact) mass is 340 g/mol. The molecule has 0 aliphatic heterocycles. The molecule has 0 saturated carbocycles. The molecule has 0 aliphatic rings. The Labute approximate surface area is 130 Å². The van der Waals surface area contributed by atoms with Crippen LogP contribution in [-0.2, 0) is 10.0 Å². The highest BCUT2D eigenvalue weighted by molar-refractivity contribution is 7.92. The zero-order chi connectivity index (χ0) is 16.3. The number of sulfonamides is 1. The molecule has 0 fully saturated rings. The fourth-order valence-electron chi connectivity index (χ4n) is 1.60. The van der Waals surface area contributed by atoms with Crippen LogP contribution in [-0.4, -0.2) is 32.4 Å². The molecule has 0 bridgehead atoms. The highest BCUT2D eigenvalue weighted by Gasteiger charge is 2.18. The van der Waals surface area contributed by atoms with Gasteiger partial charge >= 0.3 is 5.97 Å². The minimum absolute atomic E-state index is 0.0292. The lowest BCUT2D eigenvalue weighted by Gasteiger charge is -2.06. The normalized spacial score (nSPS) is 11.0. The van der Waals surface area contributed by atoms with Crippen LogP contribution in [0.2, 0.25) is 0 Å². The van der Waals surface area contributed by atoms with Crippen LogP contribution in [0.1, 0.15) is 20.0 Å². The summed E-state index contributed by atoms with van der Waals surface area (Å²) >= 11 is 1.02. The Morgan fingerprint density at radius 3 is 2.36 bits per heavy atom. The summed E-state index contributed by atoms with van der Waals surface area (Å²) in [6.45, 7) is 0. The number of carboxylic acids is 1. The van der Waals surface area contributed by atoms with Crippen molar-refractivity contribution < 1.29 is 23.1 Å². The molecule has 2 aromatic rings. The van der Waals surface area contributed by atoms with Gasteiger partial charge in [-0.15, -0.1) is 11.3 Å². The zero-order valence-electron chi connectivity index (χ0n) is 11.4. The van der Waals surface area contributed by atoms with E-state index in [2.05, 4.69) is 10.0 Å². The van der Waals surface area contributed by atoms with Crippen LogP contribution in [0, 0.1) is 0 Å². The highest BCUT2D eigenvalue weighted by atomic mass is 32.2. The van der Waals surface area contributed by atoms with E-state index in [1.165, 1.54) is 42.8 Å². The molecule has 1 aromatic carbocycles. The second-order valence-corrected chi connectivity index (χ2v) is 6.81. The van der Waals surface area contributed by atoms with E-state index < -0.39 is 16.0 Å². The fraction of sp³-hybridized carbons (Fsp3) is 0.0769. The first-order valence-electron chi connectivity index (χ1n) is 6.00. The number of carbonyl (C=O) groups excluding carboxylic acids is 1. The smallest absolute Gasteiger partial charge is 0.335 e. The second-order valence-electron chi connectivity index (χ2n) is 4.21. The molecule has 22 heavy (non-hydrogen) atoms. The molecule has 1 heterocycles. The fourth-order valence-corrected chi connectivity index (χ4v) is 3.88. The van der Waals surface area contributed by atoms with E-state index in [1.807, 2.05) is 0 Å². The summed E-state index contributed by atoms with van der Waals surface area (Å²) in [6.07, 6.45) is 0. The Kier molecular flexibility index (Phi) is 4.48. The van der Waals surface area contributed by atoms with Crippen molar-refractivity contribution in [1.82, 2.24) is 5.32 Å². The molecule has 0 spiro atoms. The first kappa shape index (κ1) is 16.0. The molecular formula is C13H12N2O5S2. The number of hydrogen-bond acceptors (Lipinski definition) is 5. The highest BCUT2D eigenvalue weighted by Crippen LogP contribution is 2.22. The van der Waals surface area contributed by atoms with Crippen molar-refractivity contribution in [2.24, 2.45) is 0 Å². The summed E-state index contributed by atoms with van der Waals surface area (Å²) < 4.78 is 26.7. The third-order valence-corrected chi connectivity index (χ3v) is 5.16. The van der Waals surface area contributed by atoms with Crippen LogP contribution in [0.4, 0.5) is 5.69 Å². The summed E-state index contributed by atoms with van der Waals surface area (Å²) in [6, 6.07) is 6.57. The molecule has 7 nitrogen and oxygen atoms in total. The molecule has 0 saturated heterocycles. The average Bonchev–Trinajstić information content (AvgIpc) is 2.97. The van der Waals surface area contributed by atoms with Gasteiger partial charge in [-0.25, -0.2) is 13.2 Å². The van der Waals surface area contributed by atoms with Gasteiger partial charge in [0.15, 0.2) is 0 Å². The molecule has 3 N–H and O–H groups in total. The molecule has 1 amide bonds. The molecule has 0 radical (unpaired) electrons. The lowest BCUT2D eigenvalue weighted by atomic mass is 10.2. The van der Waals surface area contributed by atoms with E-state index in [4.69, 9.17) is 5.11 Å². The number of anilines is 1. The first-order chi connectivity index (χ1) is 10.3. The number of thiophene rings is 1. The summed E-state index contributed by atoms with van der Waals surface area (Å²) in [5, 5.41) is 12.6. The van der Waals surface area contributed by atoms with Gasteiger partial charge in [0, 0.05) is 18.1 Å². The van der Waals surface area contributed by atoms with Gasteiger partial charge in [-0.2, -0.15) is 0 Å². The van der Waals surface area contributed by atoms with Crippen LogP contribution in [0.25, 0.3) is 0 Å². The number of carbonyl (C=O) groups is 2. The van der Waals surface area contributed by atoms with E-state index in [-0.39, 0.29) is 26.9 Å². The van der Waals surface area contributed by atoms with Crippen LogP contribution >= 0.6 is 11.3 Å². The van der Waals surface area contributed by atoms with Gasteiger partial charge in [0.25, 0.3) is 15.9 Å². The summed E-state index contributed by atoms with van der Waals surface area (Å²) in [7, 11) is -2.38. The minimum atomic E-state index is -3.83.